The summed E-state index contributed by atoms with van der Waals surface area (Å²) in [4.78, 5) is 23.6. The second-order valence-electron chi connectivity index (χ2n) is 6.37. The number of anilines is 2. The molecule has 1 aromatic rings. The molecule has 0 spiro atoms. The van der Waals surface area contributed by atoms with Crippen molar-refractivity contribution in [3.05, 3.63) is 24.3 Å². The summed E-state index contributed by atoms with van der Waals surface area (Å²) in [7, 11) is 0. The van der Waals surface area contributed by atoms with Crippen molar-refractivity contribution in [2.45, 2.75) is 34.1 Å². The molecule has 1 rings (SSSR count). The summed E-state index contributed by atoms with van der Waals surface area (Å²) < 4.78 is 0. The molecular formula is C16H25N3O2. The number of benzene rings is 1. The molecule has 0 aromatic heterocycles. The Balaban J connectivity index is 2.58. The Bertz CT molecular complexity index is 489. The SMILES string of the molecule is CC(CN)CC(=O)Nc1ccc(NC(=O)C(C)(C)C)cc1. The number of hydrogen-bond acceptors (Lipinski definition) is 3. The van der Waals surface area contributed by atoms with Gasteiger partial charge in [-0.25, -0.2) is 0 Å². The molecule has 0 aliphatic carbocycles. The highest BCUT2D eigenvalue weighted by Crippen LogP contribution is 2.19. The maximum absolute atomic E-state index is 11.9. The van der Waals surface area contributed by atoms with Gasteiger partial charge in [-0.05, 0) is 36.7 Å². The lowest BCUT2D eigenvalue weighted by molar-refractivity contribution is -0.123. The van der Waals surface area contributed by atoms with Crippen molar-refractivity contribution >= 4 is 23.2 Å². The monoisotopic (exact) mass is 291 g/mol. The number of carbonyl (C=O) groups excluding carboxylic acids is 2. The van der Waals surface area contributed by atoms with Crippen molar-refractivity contribution in [1.29, 1.82) is 0 Å². The molecule has 0 saturated carbocycles. The molecule has 5 heteroatoms. The van der Waals surface area contributed by atoms with Gasteiger partial charge in [-0.15, -0.1) is 0 Å². The van der Waals surface area contributed by atoms with Crippen LogP contribution in [-0.2, 0) is 9.59 Å². The predicted molar refractivity (Wildman–Crippen MR) is 86.0 cm³/mol. The minimum absolute atomic E-state index is 0.0453. The van der Waals surface area contributed by atoms with Crippen molar-refractivity contribution in [3.8, 4) is 0 Å². The molecule has 0 aliphatic heterocycles. The van der Waals surface area contributed by atoms with Crippen LogP contribution in [0.5, 0.6) is 0 Å². The molecule has 0 aliphatic rings. The summed E-state index contributed by atoms with van der Waals surface area (Å²) in [6, 6.07) is 7.07. The van der Waals surface area contributed by atoms with Crippen LogP contribution >= 0.6 is 0 Å². The van der Waals surface area contributed by atoms with Gasteiger partial charge in [0.1, 0.15) is 0 Å². The third kappa shape index (κ3) is 5.95. The number of hydrogen-bond donors (Lipinski definition) is 3. The van der Waals surface area contributed by atoms with Crippen LogP contribution in [0.25, 0.3) is 0 Å². The average molecular weight is 291 g/mol. The van der Waals surface area contributed by atoms with Crippen molar-refractivity contribution in [3.63, 3.8) is 0 Å². The van der Waals surface area contributed by atoms with Gasteiger partial charge in [-0.3, -0.25) is 9.59 Å². The molecule has 116 valence electrons. The number of carbonyl (C=O) groups is 2. The van der Waals surface area contributed by atoms with Crippen molar-refractivity contribution in [2.75, 3.05) is 17.2 Å². The van der Waals surface area contributed by atoms with Gasteiger partial charge in [-0.1, -0.05) is 27.7 Å². The number of rotatable bonds is 5. The molecular weight excluding hydrogens is 266 g/mol. The van der Waals surface area contributed by atoms with Gasteiger partial charge in [0.05, 0.1) is 0 Å². The summed E-state index contributed by atoms with van der Waals surface area (Å²) in [5.74, 6) is 0.0610. The van der Waals surface area contributed by atoms with Crippen LogP contribution in [0.3, 0.4) is 0 Å². The highest BCUT2D eigenvalue weighted by molar-refractivity contribution is 5.95. The standard InChI is InChI=1S/C16H25N3O2/c1-11(10-17)9-14(20)18-12-5-7-13(8-6-12)19-15(21)16(2,3)4/h5-8,11H,9-10,17H2,1-4H3,(H,18,20)(H,19,21). The fourth-order valence-corrected chi connectivity index (χ4v) is 1.57. The summed E-state index contributed by atoms with van der Waals surface area (Å²) in [5, 5.41) is 5.65. The van der Waals surface area contributed by atoms with E-state index in [1.54, 1.807) is 24.3 Å². The van der Waals surface area contributed by atoms with Crippen LogP contribution in [0, 0.1) is 11.3 Å². The van der Waals surface area contributed by atoms with E-state index in [1.165, 1.54) is 0 Å². The number of amides is 2. The molecule has 0 fully saturated rings. The van der Waals surface area contributed by atoms with E-state index in [4.69, 9.17) is 5.73 Å². The molecule has 5 nitrogen and oxygen atoms in total. The van der Waals surface area contributed by atoms with Crippen molar-refractivity contribution in [1.82, 2.24) is 0 Å². The van der Waals surface area contributed by atoms with Crippen LogP contribution in [-0.4, -0.2) is 18.4 Å². The first-order valence-corrected chi connectivity index (χ1v) is 7.14. The Kier molecular flexibility index (Phi) is 5.90. The topological polar surface area (TPSA) is 84.2 Å². The lowest BCUT2D eigenvalue weighted by atomic mass is 9.95. The Morgan fingerprint density at radius 2 is 1.57 bits per heavy atom. The van der Waals surface area contributed by atoms with E-state index in [1.807, 2.05) is 27.7 Å². The van der Waals surface area contributed by atoms with E-state index in [9.17, 15) is 9.59 Å². The molecule has 2 amide bonds. The van der Waals surface area contributed by atoms with Crippen LogP contribution in [0.1, 0.15) is 34.1 Å². The third-order valence-corrected chi connectivity index (χ3v) is 3.04. The zero-order valence-corrected chi connectivity index (χ0v) is 13.2. The third-order valence-electron chi connectivity index (χ3n) is 3.04. The molecule has 0 bridgehead atoms. The first kappa shape index (κ1) is 17.2. The molecule has 1 aromatic carbocycles. The summed E-state index contributed by atoms with van der Waals surface area (Å²) in [6.45, 7) is 8.00. The average Bonchev–Trinajstić information content (AvgIpc) is 2.39. The number of nitrogens with two attached hydrogens (primary N) is 1. The molecule has 4 N–H and O–H groups in total. The quantitative estimate of drug-likeness (QED) is 0.779. The predicted octanol–water partition coefficient (Wildman–Crippen LogP) is 2.59. The lowest BCUT2D eigenvalue weighted by Crippen LogP contribution is -2.27. The summed E-state index contributed by atoms with van der Waals surface area (Å²) in [5.41, 5.74) is 6.47. The zero-order chi connectivity index (χ0) is 16.0. The maximum Gasteiger partial charge on any atom is 0.229 e. The van der Waals surface area contributed by atoms with Gasteiger partial charge in [0, 0.05) is 23.2 Å². The zero-order valence-electron chi connectivity index (χ0n) is 13.2. The Labute approximate surface area is 126 Å². The molecule has 21 heavy (non-hydrogen) atoms. The first-order chi connectivity index (χ1) is 9.72. The molecule has 0 radical (unpaired) electrons. The van der Waals surface area contributed by atoms with E-state index in [-0.39, 0.29) is 17.7 Å². The largest absolute Gasteiger partial charge is 0.330 e. The second-order valence-corrected chi connectivity index (χ2v) is 6.37. The van der Waals surface area contributed by atoms with Crippen LogP contribution in [0.15, 0.2) is 24.3 Å². The fraction of sp³-hybridized carbons (Fsp3) is 0.500. The molecule has 0 saturated heterocycles. The van der Waals surface area contributed by atoms with Gasteiger partial charge < -0.3 is 16.4 Å². The minimum atomic E-state index is -0.439. The lowest BCUT2D eigenvalue weighted by Gasteiger charge is -2.17. The van der Waals surface area contributed by atoms with Gasteiger partial charge >= 0.3 is 0 Å². The second kappa shape index (κ2) is 7.22. The van der Waals surface area contributed by atoms with E-state index in [2.05, 4.69) is 10.6 Å². The minimum Gasteiger partial charge on any atom is -0.330 e. The van der Waals surface area contributed by atoms with Gasteiger partial charge in [0.15, 0.2) is 0 Å². The molecule has 1 atom stereocenters. The summed E-state index contributed by atoms with van der Waals surface area (Å²) >= 11 is 0. The van der Waals surface area contributed by atoms with E-state index in [0.717, 1.165) is 0 Å². The van der Waals surface area contributed by atoms with Gasteiger partial charge in [0.25, 0.3) is 0 Å². The fourth-order valence-electron chi connectivity index (χ4n) is 1.57. The Hall–Kier alpha value is -1.88. The van der Waals surface area contributed by atoms with E-state index < -0.39 is 5.41 Å². The van der Waals surface area contributed by atoms with Gasteiger partial charge in [0.2, 0.25) is 11.8 Å². The molecule has 1 unspecified atom stereocenters. The first-order valence-electron chi connectivity index (χ1n) is 7.14. The Morgan fingerprint density at radius 3 is 2.00 bits per heavy atom. The maximum atomic E-state index is 11.9. The smallest absolute Gasteiger partial charge is 0.229 e. The van der Waals surface area contributed by atoms with Crippen molar-refractivity contribution < 1.29 is 9.59 Å². The highest BCUT2D eigenvalue weighted by Gasteiger charge is 2.21. The molecule has 0 heterocycles. The highest BCUT2D eigenvalue weighted by atomic mass is 16.2. The summed E-state index contributed by atoms with van der Waals surface area (Å²) in [6.07, 6.45) is 0.402. The van der Waals surface area contributed by atoms with E-state index >= 15 is 0 Å². The Morgan fingerprint density at radius 1 is 1.10 bits per heavy atom. The normalized spacial score (nSPS) is 12.6. The van der Waals surface area contributed by atoms with Gasteiger partial charge in [-0.2, -0.15) is 0 Å². The van der Waals surface area contributed by atoms with Crippen LogP contribution in [0.2, 0.25) is 0 Å². The van der Waals surface area contributed by atoms with Crippen LogP contribution < -0.4 is 16.4 Å². The van der Waals surface area contributed by atoms with Crippen LogP contribution in [0.4, 0.5) is 11.4 Å². The van der Waals surface area contributed by atoms with E-state index in [0.29, 0.717) is 24.3 Å². The van der Waals surface area contributed by atoms with Crippen molar-refractivity contribution in [2.24, 2.45) is 17.1 Å². The number of nitrogens with one attached hydrogen (secondary N) is 2.